The van der Waals surface area contributed by atoms with Crippen molar-refractivity contribution < 1.29 is 9.53 Å². The summed E-state index contributed by atoms with van der Waals surface area (Å²) < 4.78 is 5.77. The van der Waals surface area contributed by atoms with E-state index < -0.39 is 6.10 Å². The molecule has 0 saturated heterocycles. The number of amides is 1. The first-order valence-corrected chi connectivity index (χ1v) is 6.92. The Morgan fingerprint density at radius 3 is 2.57 bits per heavy atom. The standard InChI is InChI=1S/C18H19NO2/c1-3-9-15-10-7-8-13-17(15)21-14(2)18(20)19-16-11-5-4-6-12-16/h3-8,10-14H,1,9H2,2H3,(H,19,20). The fourth-order valence-corrected chi connectivity index (χ4v) is 1.95. The van der Waals surface area contributed by atoms with Crippen LogP contribution in [0.1, 0.15) is 12.5 Å². The summed E-state index contributed by atoms with van der Waals surface area (Å²) in [5.74, 6) is 0.544. The summed E-state index contributed by atoms with van der Waals surface area (Å²) in [7, 11) is 0. The molecule has 0 bridgehead atoms. The molecule has 1 unspecified atom stereocenters. The minimum Gasteiger partial charge on any atom is -0.481 e. The Kier molecular flexibility index (Phi) is 5.16. The molecule has 0 spiro atoms. The van der Waals surface area contributed by atoms with E-state index in [1.807, 2.05) is 60.7 Å². The number of hydrogen-bond donors (Lipinski definition) is 1. The van der Waals surface area contributed by atoms with Gasteiger partial charge in [0.1, 0.15) is 5.75 Å². The van der Waals surface area contributed by atoms with E-state index in [0.717, 1.165) is 11.3 Å². The number of hydrogen-bond acceptors (Lipinski definition) is 2. The molecule has 1 amide bonds. The van der Waals surface area contributed by atoms with Crippen LogP contribution < -0.4 is 10.1 Å². The van der Waals surface area contributed by atoms with Crippen molar-refractivity contribution in [3.05, 3.63) is 72.8 Å². The fourth-order valence-electron chi connectivity index (χ4n) is 1.95. The average Bonchev–Trinajstić information content (AvgIpc) is 2.50. The van der Waals surface area contributed by atoms with Crippen LogP contribution in [-0.4, -0.2) is 12.0 Å². The number of carbonyl (C=O) groups excluding carboxylic acids is 1. The van der Waals surface area contributed by atoms with Crippen molar-refractivity contribution in [1.29, 1.82) is 0 Å². The molecule has 21 heavy (non-hydrogen) atoms. The van der Waals surface area contributed by atoms with Gasteiger partial charge in [-0.15, -0.1) is 6.58 Å². The predicted octanol–water partition coefficient (Wildman–Crippen LogP) is 3.82. The number of benzene rings is 2. The number of anilines is 1. The molecule has 2 aromatic rings. The van der Waals surface area contributed by atoms with Gasteiger partial charge in [0.15, 0.2) is 6.10 Å². The molecule has 0 aliphatic rings. The van der Waals surface area contributed by atoms with Crippen LogP contribution in [0.5, 0.6) is 5.75 Å². The average molecular weight is 281 g/mol. The van der Waals surface area contributed by atoms with E-state index >= 15 is 0 Å². The highest BCUT2D eigenvalue weighted by molar-refractivity contribution is 5.94. The van der Waals surface area contributed by atoms with Gasteiger partial charge in [-0.05, 0) is 37.1 Å². The summed E-state index contributed by atoms with van der Waals surface area (Å²) in [6, 6.07) is 17.0. The zero-order valence-electron chi connectivity index (χ0n) is 12.1. The van der Waals surface area contributed by atoms with Gasteiger partial charge in [0.25, 0.3) is 5.91 Å². The first-order chi connectivity index (χ1) is 10.2. The third-order valence-electron chi connectivity index (χ3n) is 3.05. The van der Waals surface area contributed by atoms with Gasteiger partial charge in [0.05, 0.1) is 0 Å². The number of ether oxygens (including phenoxy) is 1. The molecule has 3 heteroatoms. The Balaban J connectivity index is 2.02. The van der Waals surface area contributed by atoms with Gasteiger partial charge in [-0.3, -0.25) is 4.79 Å². The Morgan fingerprint density at radius 1 is 1.19 bits per heavy atom. The minimum absolute atomic E-state index is 0.172. The molecule has 108 valence electrons. The summed E-state index contributed by atoms with van der Waals surface area (Å²) in [5, 5.41) is 2.83. The van der Waals surface area contributed by atoms with Crippen LogP contribution in [0.3, 0.4) is 0 Å². The number of allylic oxidation sites excluding steroid dienone is 1. The summed E-state index contributed by atoms with van der Waals surface area (Å²) >= 11 is 0. The molecule has 0 fully saturated rings. The molecule has 0 radical (unpaired) electrons. The van der Waals surface area contributed by atoms with E-state index in [1.54, 1.807) is 6.92 Å². The lowest BCUT2D eigenvalue weighted by Gasteiger charge is -2.17. The zero-order valence-corrected chi connectivity index (χ0v) is 12.1. The van der Waals surface area contributed by atoms with Crippen LogP contribution in [0.2, 0.25) is 0 Å². The van der Waals surface area contributed by atoms with Crippen molar-refractivity contribution in [1.82, 2.24) is 0 Å². The largest absolute Gasteiger partial charge is 0.481 e. The number of nitrogens with one attached hydrogen (secondary N) is 1. The summed E-state index contributed by atoms with van der Waals surface area (Å²) in [6.07, 6.45) is 1.95. The Morgan fingerprint density at radius 2 is 1.86 bits per heavy atom. The first-order valence-electron chi connectivity index (χ1n) is 6.92. The molecular weight excluding hydrogens is 262 g/mol. The van der Waals surface area contributed by atoms with Gasteiger partial charge >= 0.3 is 0 Å². The van der Waals surface area contributed by atoms with Crippen molar-refractivity contribution in [3.8, 4) is 5.75 Å². The number of rotatable bonds is 6. The number of para-hydroxylation sites is 2. The highest BCUT2D eigenvalue weighted by atomic mass is 16.5. The fraction of sp³-hybridized carbons (Fsp3) is 0.167. The topological polar surface area (TPSA) is 38.3 Å². The van der Waals surface area contributed by atoms with E-state index in [0.29, 0.717) is 12.2 Å². The van der Waals surface area contributed by atoms with E-state index in [2.05, 4.69) is 11.9 Å². The molecule has 0 aromatic heterocycles. The second-order valence-electron chi connectivity index (χ2n) is 4.72. The van der Waals surface area contributed by atoms with Crippen molar-refractivity contribution in [3.63, 3.8) is 0 Å². The quantitative estimate of drug-likeness (QED) is 0.817. The van der Waals surface area contributed by atoms with Crippen molar-refractivity contribution in [2.24, 2.45) is 0 Å². The molecule has 3 nitrogen and oxygen atoms in total. The lowest BCUT2D eigenvalue weighted by atomic mass is 10.1. The lowest BCUT2D eigenvalue weighted by molar-refractivity contribution is -0.122. The van der Waals surface area contributed by atoms with Gasteiger partial charge in [-0.2, -0.15) is 0 Å². The van der Waals surface area contributed by atoms with Crippen LogP contribution in [0.15, 0.2) is 67.3 Å². The Bertz CT molecular complexity index is 608. The summed E-state index contributed by atoms with van der Waals surface area (Å²) in [5.41, 5.74) is 1.78. The third kappa shape index (κ3) is 4.21. The lowest BCUT2D eigenvalue weighted by Crippen LogP contribution is -2.30. The molecular formula is C18H19NO2. The molecule has 1 atom stereocenters. The molecule has 0 aliphatic heterocycles. The van der Waals surface area contributed by atoms with Crippen molar-refractivity contribution >= 4 is 11.6 Å². The van der Waals surface area contributed by atoms with Gasteiger partial charge in [-0.25, -0.2) is 0 Å². The summed E-state index contributed by atoms with van der Waals surface area (Å²) in [6.45, 7) is 5.47. The first kappa shape index (κ1) is 14.9. The van der Waals surface area contributed by atoms with Gasteiger partial charge in [-0.1, -0.05) is 42.5 Å². The maximum Gasteiger partial charge on any atom is 0.265 e. The van der Waals surface area contributed by atoms with Gasteiger partial charge < -0.3 is 10.1 Å². The molecule has 2 aromatic carbocycles. The summed E-state index contributed by atoms with van der Waals surface area (Å²) in [4.78, 5) is 12.1. The maximum atomic E-state index is 12.1. The smallest absolute Gasteiger partial charge is 0.265 e. The molecule has 1 N–H and O–H groups in total. The molecule has 0 saturated carbocycles. The van der Waals surface area contributed by atoms with Crippen LogP contribution >= 0.6 is 0 Å². The second kappa shape index (κ2) is 7.29. The van der Waals surface area contributed by atoms with Crippen LogP contribution in [0, 0.1) is 0 Å². The maximum absolute atomic E-state index is 12.1. The molecule has 0 aliphatic carbocycles. The van der Waals surface area contributed by atoms with Gasteiger partial charge in [0, 0.05) is 5.69 Å². The Labute approximate surface area is 125 Å². The van der Waals surface area contributed by atoms with Gasteiger partial charge in [0.2, 0.25) is 0 Å². The van der Waals surface area contributed by atoms with E-state index in [4.69, 9.17) is 4.74 Å². The van der Waals surface area contributed by atoms with E-state index in [9.17, 15) is 4.79 Å². The van der Waals surface area contributed by atoms with Crippen LogP contribution in [-0.2, 0) is 11.2 Å². The molecule has 0 heterocycles. The second-order valence-corrected chi connectivity index (χ2v) is 4.72. The van der Waals surface area contributed by atoms with E-state index in [1.165, 1.54) is 0 Å². The highest BCUT2D eigenvalue weighted by Gasteiger charge is 2.16. The van der Waals surface area contributed by atoms with Crippen LogP contribution in [0.4, 0.5) is 5.69 Å². The third-order valence-corrected chi connectivity index (χ3v) is 3.05. The highest BCUT2D eigenvalue weighted by Crippen LogP contribution is 2.20. The Hall–Kier alpha value is -2.55. The van der Waals surface area contributed by atoms with Crippen molar-refractivity contribution in [2.75, 3.05) is 5.32 Å². The zero-order chi connectivity index (χ0) is 15.1. The number of carbonyl (C=O) groups is 1. The monoisotopic (exact) mass is 281 g/mol. The molecule has 2 rings (SSSR count). The van der Waals surface area contributed by atoms with Crippen LogP contribution in [0.25, 0.3) is 0 Å². The predicted molar refractivity (Wildman–Crippen MR) is 85.5 cm³/mol. The SMILES string of the molecule is C=CCc1ccccc1OC(C)C(=O)Nc1ccccc1. The van der Waals surface area contributed by atoms with E-state index in [-0.39, 0.29) is 5.91 Å². The van der Waals surface area contributed by atoms with Crippen molar-refractivity contribution in [2.45, 2.75) is 19.4 Å². The minimum atomic E-state index is -0.573. The normalized spacial score (nSPS) is 11.5.